The smallest absolute Gasteiger partial charge is 0.126 e. The lowest BCUT2D eigenvalue weighted by atomic mass is 10.0. The van der Waals surface area contributed by atoms with Crippen LogP contribution in [-0.2, 0) is 13.0 Å². The Hall–Kier alpha value is -2.19. The highest BCUT2D eigenvalue weighted by Crippen LogP contribution is 2.17. The molecule has 106 valence electrons. The molecular formula is C19H19FN+. The molecule has 0 aliphatic heterocycles. The van der Waals surface area contributed by atoms with Crippen LogP contribution < -0.4 is 5.32 Å². The van der Waals surface area contributed by atoms with Gasteiger partial charge in [0.2, 0.25) is 0 Å². The summed E-state index contributed by atoms with van der Waals surface area (Å²) in [5.41, 5.74) is 2.13. The zero-order valence-electron chi connectivity index (χ0n) is 11.9. The Labute approximate surface area is 124 Å². The quantitative estimate of drug-likeness (QED) is 0.691. The van der Waals surface area contributed by atoms with E-state index in [4.69, 9.17) is 0 Å². The minimum atomic E-state index is -0.101. The van der Waals surface area contributed by atoms with Crippen molar-refractivity contribution in [3.63, 3.8) is 0 Å². The van der Waals surface area contributed by atoms with E-state index in [1.807, 2.05) is 12.1 Å². The van der Waals surface area contributed by atoms with E-state index >= 15 is 0 Å². The third-order valence-electron chi connectivity index (χ3n) is 3.82. The lowest BCUT2D eigenvalue weighted by Gasteiger charge is -2.06. The first-order valence-electron chi connectivity index (χ1n) is 7.36. The van der Waals surface area contributed by atoms with Crippen molar-refractivity contribution in [1.82, 2.24) is 0 Å². The third kappa shape index (κ3) is 3.29. The summed E-state index contributed by atoms with van der Waals surface area (Å²) in [6, 6.07) is 21.9. The molecule has 0 atom stereocenters. The normalized spacial score (nSPS) is 10.9. The van der Waals surface area contributed by atoms with Crippen LogP contribution in [0.25, 0.3) is 10.8 Å². The van der Waals surface area contributed by atoms with Gasteiger partial charge in [0.15, 0.2) is 0 Å². The average molecular weight is 280 g/mol. The summed E-state index contributed by atoms with van der Waals surface area (Å²) in [7, 11) is 0. The number of hydrogen-bond donors (Lipinski definition) is 1. The van der Waals surface area contributed by atoms with Gasteiger partial charge in [0.05, 0.1) is 6.54 Å². The molecule has 0 saturated carbocycles. The first-order chi connectivity index (χ1) is 10.3. The number of nitrogens with two attached hydrogens (primary N) is 1. The maximum Gasteiger partial charge on any atom is 0.126 e. The van der Waals surface area contributed by atoms with E-state index in [-0.39, 0.29) is 5.82 Å². The van der Waals surface area contributed by atoms with E-state index in [0.717, 1.165) is 25.1 Å². The van der Waals surface area contributed by atoms with Gasteiger partial charge in [-0.15, -0.1) is 0 Å². The molecule has 0 aliphatic carbocycles. The number of benzene rings is 3. The Morgan fingerprint density at radius 2 is 1.48 bits per heavy atom. The molecule has 0 fully saturated rings. The third-order valence-corrected chi connectivity index (χ3v) is 3.82. The highest BCUT2D eigenvalue weighted by atomic mass is 19.1. The second kappa shape index (κ2) is 6.51. The van der Waals surface area contributed by atoms with Gasteiger partial charge in [0.25, 0.3) is 0 Å². The number of hydrogen-bond acceptors (Lipinski definition) is 0. The summed E-state index contributed by atoms with van der Waals surface area (Å²) in [5.74, 6) is -0.101. The van der Waals surface area contributed by atoms with Crippen LogP contribution >= 0.6 is 0 Å². The molecule has 21 heavy (non-hydrogen) atoms. The van der Waals surface area contributed by atoms with E-state index in [1.165, 1.54) is 22.4 Å². The van der Waals surface area contributed by atoms with Gasteiger partial charge < -0.3 is 5.32 Å². The van der Waals surface area contributed by atoms with Gasteiger partial charge in [0, 0.05) is 12.0 Å². The summed E-state index contributed by atoms with van der Waals surface area (Å²) in [6.45, 7) is 1.82. The van der Waals surface area contributed by atoms with Crippen LogP contribution in [0.4, 0.5) is 4.39 Å². The summed E-state index contributed by atoms with van der Waals surface area (Å²) in [4.78, 5) is 0. The summed E-state index contributed by atoms with van der Waals surface area (Å²) in [6.07, 6.45) is 0.761. The fourth-order valence-electron chi connectivity index (χ4n) is 2.69. The van der Waals surface area contributed by atoms with E-state index in [1.54, 1.807) is 6.07 Å². The van der Waals surface area contributed by atoms with E-state index < -0.39 is 0 Å². The van der Waals surface area contributed by atoms with Crippen LogP contribution in [0, 0.1) is 5.82 Å². The molecule has 0 aromatic heterocycles. The maximum atomic E-state index is 13.5. The fraction of sp³-hybridized carbons (Fsp3) is 0.158. The monoisotopic (exact) mass is 280 g/mol. The lowest BCUT2D eigenvalue weighted by Crippen LogP contribution is -2.83. The van der Waals surface area contributed by atoms with Crippen LogP contribution in [0.2, 0.25) is 0 Å². The molecule has 0 bridgehead atoms. The number of halogens is 1. The molecule has 0 heterocycles. The zero-order valence-corrected chi connectivity index (χ0v) is 11.9. The van der Waals surface area contributed by atoms with Crippen molar-refractivity contribution in [1.29, 1.82) is 0 Å². The molecule has 2 N–H and O–H groups in total. The predicted molar refractivity (Wildman–Crippen MR) is 84.5 cm³/mol. The Morgan fingerprint density at radius 3 is 2.38 bits per heavy atom. The van der Waals surface area contributed by atoms with Crippen molar-refractivity contribution in [2.75, 3.05) is 6.54 Å². The maximum absolute atomic E-state index is 13.5. The van der Waals surface area contributed by atoms with E-state index in [2.05, 4.69) is 47.8 Å². The Kier molecular flexibility index (Phi) is 4.27. The van der Waals surface area contributed by atoms with Crippen molar-refractivity contribution < 1.29 is 9.71 Å². The molecular weight excluding hydrogens is 261 g/mol. The predicted octanol–water partition coefficient (Wildman–Crippen LogP) is 3.29. The number of rotatable bonds is 5. The fourth-order valence-corrected chi connectivity index (χ4v) is 2.69. The Morgan fingerprint density at radius 1 is 0.762 bits per heavy atom. The first-order valence-corrected chi connectivity index (χ1v) is 7.36. The van der Waals surface area contributed by atoms with Gasteiger partial charge >= 0.3 is 0 Å². The first kappa shape index (κ1) is 13.8. The number of quaternary nitrogens is 1. The highest BCUT2D eigenvalue weighted by Gasteiger charge is 2.04. The van der Waals surface area contributed by atoms with Crippen LogP contribution in [0.1, 0.15) is 11.1 Å². The molecule has 0 radical (unpaired) electrons. The van der Waals surface area contributed by atoms with Crippen molar-refractivity contribution >= 4 is 10.8 Å². The van der Waals surface area contributed by atoms with Crippen molar-refractivity contribution in [3.8, 4) is 0 Å². The SMILES string of the molecule is Fc1ccccc1CC[NH2+]Cc1cccc2ccccc12. The van der Waals surface area contributed by atoms with Gasteiger partial charge in [-0.2, -0.15) is 0 Å². The average Bonchev–Trinajstić information content (AvgIpc) is 2.53. The zero-order chi connectivity index (χ0) is 14.5. The topological polar surface area (TPSA) is 16.6 Å². The van der Waals surface area contributed by atoms with Crippen LogP contribution in [0.15, 0.2) is 66.7 Å². The van der Waals surface area contributed by atoms with Crippen LogP contribution in [0.3, 0.4) is 0 Å². The largest absolute Gasteiger partial charge is 0.342 e. The molecule has 3 rings (SSSR count). The minimum Gasteiger partial charge on any atom is -0.342 e. The highest BCUT2D eigenvalue weighted by molar-refractivity contribution is 5.85. The van der Waals surface area contributed by atoms with E-state index in [0.29, 0.717) is 0 Å². The number of fused-ring (bicyclic) bond motifs is 1. The molecule has 0 aliphatic rings. The van der Waals surface area contributed by atoms with Gasteiger partial charge in [-0.05, 0) is 22.4 Å². The van der Waals surface area contributed by atoms with Gasteiger partial charge in [-0.1, -0.05) is 60.7 Å². The van der Waals surface area contributed by atoms with Crippen molar-refractivity contribution in [2.45, 2.75) is 13.0 Å². The molecule has 3 aromatic rings. The standard InChI is InChI=1S/C19H18FN/c20-19-11-4-2-7-16(19)12-13-21-14-17-9-5-8-15-6-1-3-10-18(15)17/h1-11,21H,12-14H2/p+1. The van der Waals surface area contributed by atoms with Crippen molar-refractivity contribution in [3.05, 3.63) is 83.7 Å². The summed E-state index contributed by atoms with van der Waals surface area (Å²) < 4.78 is 13.5. The van der Waals surface area contributed by atoms with E-state index in [9.17, 15) is 4.39 Å². The van der Waals surface area contributed by atoms with Crippen LogP contribution in [0.5, 0.6) is 0 Å². The second-order valence-electron chi connectivity index (χ2n) is 5.26. The minimum absolute atomic E-state index is 0.101. The molecule has 3 aromatic carbocycles. The van der Waals surface area contributed by atoms with Gasteiger partial charge in [0.1, 0.15) is 12.4 Å². The Balaban J connectivity index is 1.61. The molecule has 0 amide bonds. The van der Waals surface area contributed by atoms with Crippen molar-refractivity contribution in [2.24, 2.45) is 0 Å². The molecule has 0 spiro atoms. The molecule has 1 nitrogen and oxygen atoms in total. The van der Waals surface area contributed by atoms with Crippen LogP contribution in [-0.4, -0.2) is 6.54 Å². The summed E-state index contributed by atoms with van der Waals surface area (Å²) >= 11 is 0. The summed E-state index contributed by atoms with van der Waals surface area (Å²) in [5, 5.41) is 4.83. The Bertz CT molecular complexity index is 731. The molecule has 2 heteroatoms. The molecule has 0 unspecified atom stereocenters. The van der Waals surface area contributed by atoms with Gasteiger partial charge in [-0.25, -0.2) is 4.39 Å². The lowest BCUT2D eigenvalue weighted by molar-refractivity contribution is -0.670. The molecule has 0 saturated heterocycles. The second-order valence-corrected chi connectivity index (χ2v) is 5.26. The van der Waals surface area contributed by atoms with Gasteiger partial charge in [-0.3, -0.25) is 0 Å².